The zero-order valence-electron chi connectivity index (χ0n) is 10.4. The minimum Gasteiger partial charge on any atom is -0.385 e. The first-order valence-electron chi connectivity index (χ1n) is 5.97. The van der Waals surface area contributed by atoms with E-state index in [1.54, 1.807) is 0 Å². The number of nitrogens with zero attached hydrogens (tertiary/aromatic N) is 4. The number of hydrogen-bond acceptors (Lipinski definition) is 5. The van der Waals surface area contributed by atoms with Gasteiger partial charge >= 0.3 is 0 Å². The van der Waals surface area contributed by atoms with E-state index in [1.165, 1.54) is 0 Å². The van der Waals surface area contributed by atoms with E-state index in [0.29, 0.717) is 18.1 Å². The predicted molar refractivity (Wildman–Crippen MR) is 83.8 cm³/mol. The van der Waals surface area contributed by atoms with Crippen LogP contribution in [0.4, 0.5) is 5.69 Å². The van der Waals surface area contributed by atoms with Crippen molar-refractivity contribution in [1.29, 1.82) is 0 Å². The maximum atomic E-state index is 5.51. The van der Waals surface area contributed by atoms with Crippen LogP contribution in [0.1, 0.15) is 6.42 Å². The van der Waals surface area contributed by atoms with Crippen LogP contribution in [0.25, 0.3) is 10.8 Å². The van der Waals surface area contributed by atoms with Crippen molar-refractivity contribution in [3.63, 3.8) is 0 Å². The van der Waals surface area contributed by atoms with Crippen LogP contribution in [-0.2, 0) is 0 Å². The van der Waals surface area contributed by atoms with Crippen LogP contribution in [0, 0.1) is 0 Å². The molecular weight excluding hydrogens is 320 g/mol. The number of amidine groups is 2. The molecule has 0 spiro atoms. The quantitative estimate of drug-likeness (QED) is 0.652. The van der Waals surface area contributed by atoms with Gasteiger partial charge in [0.25, 0.3) is 0 Å². The maximum Gasteiger partial charge on any atom is 0.182 e. The van der Waals surface area contributed by atoms with Crippen LogP contribution in [-0.4, -0.2) is 11.7 Å². The summed E-state index contributed by atoms with van der Waals surface area (Å²) in [5.74, 6) is 0.949. The summed E-state index contributed by atoms with van der Waals surface area (Å²) in [6, 6.07) is 11.9. The summed E-state index contributed by atoms with van der Waals surface area (Å²) >= 11 is 3.53. The van der Waals surface area contributed by atoms with Crippen LogP contribution < -0.4 is 11.2 Å². The number of anilines is 1. The summed E-state index contributed by atoms with van der Waals surface area (Å²) < 4.78 is 1.04. The number of fused-ring (bicyclic) bond motifs is 1. The molecule has 0 unspecified atom stereocenters. The van der Waals surface area contributed by atoms with Gasteiger partial charge in [0, 0.05) is 9.86 Å². The van der Waals surface area contributed by atoms with Crippen molar-refractivity contribution in [2.45, 2.75) is 6.42 Å². The van der Waals surface area contributed by atoms with Gasteiger partial charge in [0.15, 0.2) is 5.84 Å². The number of rotatable bonds is 2. The molecule has 3 rings (SSSR count). The summed E-state index contributed by atoms with van der Waals surface area (Å²) in [7, 11) is 0. The highest BCUT2D eigenvalue weighted by molar-refractivity contribution is 9.10. The lowest BCUT2D eigenvalue weighted by atomic mass is 10.1. The van der Waals surface area contributed by atoms with Gasteiger partial charge in [0.2, 0.25) is 0 Å². The van der Waals surface area contributed by atoms with Crippen molar-refractivity contribution in [3.05, 3.63) is 40.9 Å². The molecule has 1 heterocycles. The molecule has 0 aliphatic carbocycles. The molecule has 6 nitrogen and oxygen atoms in total. The zero-order valence-corrected chi connectivity index (χ0v) is 12.0. The molecule has 3 N–H and O–H groups in total. The minimum absolute atomic E-state index is 0.437. The molecule has 1 aliphatic rings. The van der Waals surface area contributed by atoms with Gasteiger partial charge in [-0.3, -0.25) is 5.43 Å². The van der Waals surface area contributed by atoms with Crippen molar-refractivity contribution in [3.8, 4) is 0 Å². The third-order valence-electron chi connectivity index (χ3n) is 2.84. The second-order valence-corrected chi connectivity index (χ2v) is 5.09. The van der Waals surface area contributed by atoms with E-state index in [0.717, 1.165) is 20.9 Å². The monoisotopic (exact) mass is 330 g/mol. The molecule has 0 aromatic heterocycles. The molecular formula is C13H11BrN6. The molecule has 1 aliphatic heterocycles. The normalized spacial score (nSPS) is 14.7. The minimum atomic E-state index is 0.437. The Balaban J connectivity index is 1.82. The Hall–Kier alpha value is -2.28. The summed E-state index contributed by atoms with van der Waals surface area (Å²) in [6.07, 6.45) is 0.437. The molecule has 2 aromatic carbocycles. The highest BCUT2D eigenvalue weighted by atomic mass is 79.9. The first-order chi connectivity index (χ1) is 9.74. The Morgan fingerprint density at radius 2 is 1.90 bits per heavy atom. The van der Waals surface area contributed by atoms with Gasteiger partial charge in [-0.1, -0.05) is 45.4 Å². The molecule has 2 aromatic rings. The number of benzene rings is 2. The van der Waals surface area contributed by atoms with Gasteiger partial charge in [-0.05, 0) is 17.5 Å². The highest BCUT2D eigenvalue weighted by Crippen LogP contribution is 2.29. The van der Waals surface area contributed by atoms with Crippen molar-refractivity contribution in [2.75, 3.05) is 5.43 Å². The number of nitrogens with one attached hydrogen (secondary N) is 1. The molecule has 0 radical (unpaired) electrons. The van der Waals surface area contributed by atoms with Crippen LogP contribution in [0.3, 0.4) is 0 Å². The number of hydrogen-bond donors (Lipinski definition) is 2. The number of nitrogens with two attached hydrogens (primary N) is 1. The Labute approximate surface area is 123 Å². The Morgan fingerprint density at radius 1 is 1.10 bits per heavy atom. The van der Waals surface area contributed by atoms with Crippen LogP contribution in [0.15, 0.2) is 61.4 Å². The largest absolute Gasteiger partial charge is 0.385 e. The van der Waals surface area contributed by atoms with Gasteiger partial charge in [0.1, 0.15) is 5.84 Å². The van der Waals surface area contributed by atoms with E-state index >= 15 is 0 Å². The molecule has 0 atom stereocenters. The van der Waals surface area contributed by atoms with Crippen molar-refractivity contribution in [1.82, 2.24) is 0 Å². The lowest BCUT2D eigenvalue weighted by molar-refractivity contribution is 1.13. The first-order valence-corrected chi connectivity index (χ1v) is 6.76. The van der Waals surface area contributed by atoms with E-state index in [2.05, 4.69) is 41.9 Å². The lowest BCUT2D eigenvalue weighted by Crippen LogP contribution is -2.10. The third kappa shape index (κ3) is 2.53. The Kier molecular flexibility index (Phi) is 3.42. The lowest BCUT2D eigenvalue weighted by Gasteiger charge is -2.06. The maximum absolute atomic E-state index is 5.51. The van der Waals surface area contributed by atoms with E-state index < -0.39 is 0 Å². The van der Waals surface area contributed by atoms with Gasteiger partial charge in [-0.2, -0.15) is 0 Å². The molecule has 0 saturated heterocycles. The molecule has 0 fully saturated rings. The fourth-order valence-electron chi connectivity index (χ4n) is 1.91. The predicted octanol–water partition coefficient (Wildman–Crippen LogP) is 3.46. The van der Waals surface area contributed by atoms with Crippen molar-refractivity contribution >= 4 is 44.1 Å². The van der Waals surface area contributed by atoms with Crippen LogP contribution >= 0.6 is 15.9 Å². The summed E-state index contributed by atoms with van der Waals surface area (Å²) in [6.45, 7) is 0. The highest BCUT2D eigenvalue weighted by Gasteiger charge is 2.08. The summed E-state index contributed by atoms with van der Waals surface area (Å²) in [5, 5.41) is 17.6. The Bertz CT molecular complexity index is 750. The molecule has 7 heteroatoms. The fourth-order valence-corrected chi connectivity index (χ4v) is 2.38. The fraction of sp³-hybridized carbons (Fsp3) is 0.0769. The smallest absolute Gasteiger partial charge is 0.182 e. The second kappa shape index (κ2) is 5.38. The molecule has 0 amide bonds. The van der Waals surface area contributed by atoms with Gasteiger partial charge in [-0.15, -0.1) is 15.3 Å². The van der Waals surface area contributed by atoms with E-state index in [4.69, 9.17) is 5.73 Å². The topological polar surface area (TPSA) is 87.5 Å². The second-order valence-electron chi connectivity index (χ2n) is 4.24. The standard InChI is InChI=1S/C13H11BrN6/c14-10-5-6-11(9-4-2-1-3-8(9)10)16-20-19-13-7-12(15)17-18-13/h1-6H,7H2,(H2,15,17)(H,16,18,19). The summed E-state index contributed by atoms with van der Waals surface area (Å²) in [5.41, 5.74) is 9.30. The zero-order chi connectivity index (χ0) is 13.9. The average Bonchev–Trinajstić information content (AvgIpc) is 2.87. The van der Waals surface area contributed by atoms with E-state index in [1.807, 2.05) is 36.4 Å². The van der Waals surface area contributed by atoms with E-state index in [-0.39, 0.29) is 0 Å². The SMILES string of the molecule is NC1=NN=C(N=NNc2ccc(Br)c3ccccc23)C1. The molecule has 100 valence electrons. The van der Waals surface area contributed by atoms with Crippen molar-refractivity contribution < 1.29 is 0 Å². The third-order valence-corrected chi connectivity index (χ3v) is 3.53. The number of halogens is 1. The van der Waals surface area contributed by atoms with Gasteiger partial charge in [-0.25, -0.2) is 0 Å². The van der Waals surface area contributed by atoms with E-state index in [9.17, 15) is 0 Å². The van der Waals surface area contributed by atoms with Gasteiger partial charge in [0.05, 0.1) is 12.1 Å². The molecule has 0 bridgehead atoms. The summed E-state index contributed by atoms with van der Waals surface area (Å²) in [4.78, 5) is 0. The average molecular weight is 331 g/mol. The van der Waals surface area contributed by atoms with Crippen molar-refractivity contribution in [2.24, 2.45) is 26.3 Å². The van der Waals surface area contributed by atoms with Crippen LogP contribution in [0.5, 0.6) is 0 Å². The Morgan fingerprint density at radius 3 is 2.65 bits per heavy atom. The molecule has 0 saturated carbocycles. The van der Waals surface area contributed by atoms with Crippen LogP contribution in [0.2, 0.25) is 0 Å². The first kappa shape index (κ1) is 12.7. The van der Waals surface area contributed by atoms with Gasteiger partial charge < -0.3 is 5.73 Å². The molecule has 20 heavy (non-hydrogen) atoms.